The van der Waals surface area contributed by atoms with E-state index in [-0.39, 0.29) is 0 Å². The summed E-state index contributed by atoms with van der Waals surface area (Å²) in [5.74, 6) is 0.924. The lowest BCUT2D eigenvalue weighted by atomic mass is 9.85. The molecule has 2 unspecified atom stereocenters. The van der Waals surface area contributed by atoms with Crippen molar-refractivity contribution in [3.05, 3.63) is 0 Å². The maximum Gasteiger partial charge on any atom is 0.0594 e. The SMILES string of the molecule is CCC1CCCC(OCCNC)C1. The molecule has 13 heavy (non-hydrogen) atoms. The van der Waals surface area contributed by atoms with E-state index >= 15 is 0 Å². The molecule has 0 aromatic rings. The summed E-state index contributed by atoms with van der Waals surface area (Å²) in [5, 5.41) is 3.11. The third-order valence-electron chi connectivity index (χ3n) is 3.02. The van der Waals surface area contributed by atoms with Crippen LogP contribution >= 0.6 is 0 Å². The molecule has 1 N–H and O–H groups in total. The summed E-state index contributed by atoms with van der Waals surface area (Å²) in [4.78, 5) is 0. The van der Waals surface area contributed by atoms with Gasteiger partial charge in [-0.2, -0.15) is 0 Å². The molecule has 0 heterocycles. The number of likely N-dealkylation sites (N-methyl/N-ethyl adjacent to an activating group) is 1. The lowest BCUT2D eigenvalue weighted by Crippen LogP contribution is -2.25. The van der Waals surface area contributed by atoms with Crippen LogP contribution in [0.3, 0.4) is 0 Å². The molecule has 0 saturated heterocycles. The zero-order valence-electron chi connectivity index (χ0n) is 9.01. The minimum absolute atomic E-state index is 0.548. The molecule has 0 spiro atoms. The van der Waals surface area contributed by atoms with E-state index in [9.17, 15) is 0 Å². The van der Waals surface area contributed by atoms with Crippen molar-refractivity contribution < 1.29 is 4.74 Å². The molecule has 0 aromatic carbocycles. The molecule has 0 amide bonds. The van der Waals surface area contributed by atoms with Crippen molar-refractivity contribution in [2.45, 2.75) is 45.1 Å². The van der Waals surface area contributed by atoms with Crippen LogP contribution < -0.4 is 5.32 Å². The molecule has 78 valence electrons. The van der Waals surface area contributed by atoms with Gasteiger partial charge in [0.15, 0.2) is 0 Å². The zero-order chi connectivity index (χ0) is 9.52. The first-order valence-electron chi connectivity index (χ1n) is 5.63. The van der Waals surface area contributed by atoms with Crippen molar-refractivity contribution in [1.29, 1.82) is 0 Å². The molecule has 0 radical (unpaired) electrons. The number of nitrogens with one attached hydrogen (secondary N) is 1. The van der Waals surface area contributed by atoms with Gasteiger partial charge in [-0.1, -0.05) is 26.2 Å². The second kappa shape index (κ2) is 6.39. The first-order chi connectivity index (χ1) is 6.36. The highest BCUT2D eigenvalue weighted by molar-refractivity contribution is 4.72. The van der Waals surface area contributed by atoms with Crippen molar-refractivity contribution in [2.75, 3.05) is 20.2 Å². The number of hydrogen-bond donors (Lipinski definition) is 1. The van der Waals surface area contributed by atoms with Crippen LogP contribution in [0.25, 0.3) is 0 Å². The third kappa shape index (κ3) is 4.10. The highest BCUT2D eigenvalue weighted by Gasteiger charge is 2.20. The molecule has 0 aromatic heterocycles. The average molecular weight is 185 g/mol. The predicted molar refractivity (Wildman–Crippen MR) is 55.9 cm³/mol. The predicted octanol–water partition coefficient (Wildman–Crippen LogP) is 2.19. The second-order valence-corrected chi connectivity index (χ2v) is 4.04. The normalized spacial score (nSPS) is 29.1. The van der Waals surface area contributed by atoms with Crippen molar-refractivity contribution >= 4 is 0 Å². The van der Waals surface area contributed by atoms with Gasteiger partial charge >= 0.3 is 0 Å². The van der Waals surface area contributed by atoms with Crippen LogP contribution in [0.1, 0.15) is 39.0 Å². The fourth-order valence-electron chi connectivity index (χ4n) is 2.09. The number of hydrogen-bond acceptors (Lipinski definition) is 2. The Kier molecular flexibility index (Phi) is 5.40. The molecule has 0 bridgehead atoms. The van der Waals surface area contributed by atoms with Crippen LogP contribution in [0.2, 0.25) is 0 Å². The summed E-state index contributed by atoms with van der Waals surface area (Å²) < 4.78 is 5.79. The largest absolute Gasteiger partial charge is 0.377 e. The Morgan fingerprint density at radius 2 is 2.23 bits per heavy atom. The van der Waals surface area contributed by atoms with E-state index in [0.717, 1.165) is 19.1 Å². The molecule has 2 heteroatoms. The monoisotopic (exact) mass is 185 g/mol. The maximum absolute atomic E-state index is 5.79. The van der Waals surface area contributed by atoms with Gasteiger partial charge in [-0.15, -0.1) is 0 Å². The van der Waals surface area contributed by atoms with Gasteiger partial charge in [0, 0.05) is 6.54 Å². The molecule has 2 nitrogen and oxygen atoms in total. The summed E-state index contributed by atoms with van der Waals surface area (Å²) in [6, 6.07) is 0. The van der Waals surface area contributed by atoms with Crippen LogP contribution in [-0.2, 0) is 4.74 Å². The highest BCUT2D eigenvalue weighted by atomic mass is 16.5. The third-order valence-corrected chi connectivity index (χ3v) is 3.02. The van der Waals surface area contributed by atoms with E-state index in [4.69, 9.17) is 4.74 Å². The molecule has 1 rings (SSSR count). The van der Waals surface area contributed by atoms with E-state index in [0.29, 0.717) is 6.10 Å². The van der Waals surface area contributed by atoms with Gasteiger partial charge in [-0.05, 0) is 25.8 Å². The maximum atomic E-state index is 5.79. The Labute approximate surface area is 82.0 Å². The Morgan fingerprint density at radius 1 is 1.38 bits per heavy atom. The van der Waals surface area contributed by atoms with E-state index in [1.165, 1.54) is 32.1 Å². The Bertz CT molecular complexity index is 127. The molecule has 1 aliphatic rings. The summed E-state index contributed by atoms with van der Waals surface area (Å²) in [6.45, 7) is 4.14. The average Bonchev–Trinajstić information content (AvgIpc) is 2.19. The number of rotatable bonds is 5. The first kappa shape index (κ1) is 11.0. The van der Waals surface area contributed by atoms with Crippen LogP contribution in [0.5, 0.6) is 0 Å². The van der Waals surface area contributed by atoms with Crippen LogP contribution in [0.15, 0.2) is 0 Å². The van der Waals surface area contributed by atoms with Gasteiger partial charge in [0.2, 0.25) is 0 Å². The lowest BCUT2D eigenvalue weighted by molar-refractivity contribution is 0.0148. The summed E-state index contributed by atoms with van der Waals surface area (Å²) in [6.07, 6.45) is 7.23. The van der Waals surface area contributed by atoms with Gasteiger partial charge in [-0.25, -0.2) is 0 Å². The van der Waals surface area contributed by atoms with Crippen molar-refractivity contribution in [1.82, 2.24) is 5.32 Å². The fourth-order valence-corrected chi connectivity index (χ4v) is 2.09. The standard InChI is InChI=1S/C11H23NO/c1-3-10-5-4-6-11(9-10)13-8-7-12-2/h10-12H,3-9H2,1-2H3. The smallest absolute Gasteiger partial charge is 0.0594 e. The summed E-state index contributed by atoms with van der Waals surface area (Å²) in [5.41, 5.74) is 0. The molecule has 1 fully saturated rings. The Hall–Kier alpha value is -0.0800. The summed E-state index contributed by atoms with van der Waals surface area (Å²) in [7, 11) is 1.97. The van der Waals surface area contributed by atoms with Gasteiger partial charge in [0.25, 0.3) is 0 Å². The van der Waals surface area contributed by atoms with Crippen LogP contribution in [-0.4, -0.2) is 26.3 Å². The van der Waals surface area contributed by atoms with Gasteiger partial charge in [-0.3, -0.25) is 0 Å². The summed E-state index contributed by atoms with van der Waals surface area (Å²) >= 11 is 0. The van der Waals surface area contributed by atoms with E-state index < -0.39 is 0 Å². The first-order valence-corrected chi connectivity index (χ1v) is 5.63. The topological polar surface area (TPSA) is 21.3 Å². The van der Waals surface area contributed by atoms with Gasteiger partial charge in [0.05, 0.1) is 12.7 Å². The Balaban J connectivity index is 2.11. The Morgan fingerprint density at radius 3 is 2.92 bits per heavy atom. The minimum atomic E-state index is 0.548. The van der Waals surface area contributed by atoms with Gasteiger partial charge in [0.1, 0.15) is 0 Å². The quantitative estimate of drug-likeness (QED) is 0.663. The molecule has 0 aliphatic heterocycles. The highest BCUT2D eigenvalue weighted by Crippen LogP contribution is 2.28. The van der Waals surface area contributed by atoms with E-state index in [1.54, 1.807) is 0 Å². The zero-order valence-corrected chi connectivity index (χ0v) is 9.01. The molecular weight excluding hydrogens is 162 g/mol. The van der Waals surface area contributed by atoms with E-state index in [1.807, 2.05) is 7.05 Å². The molecular formula is C11H23NO. The van der Waals surface area contributed by atoms with Crippen molar-refractivity contribution in [3.63, 3.8) is 0 Å². The van der Waals surface area contributed by atoms with Crippen LogP contribution in [0, 0.1) is 5.92 Å². The lowest BCUT2D eigenvalue weighted by Gasteiger charge is -2.28. The van der Waals surface area contributed by atoms with E-state index in [2.05, 4.69) is 12.2 Å². The van der Waals surface area contributed by atoms with Crippen molar-refractivity contribution in [3.8, 4) is 0 Å². The molecule has 2 atom stereocenters. The molecule has 1 saturated carbocycles. The fraction of sp³-hybridized carbons (Fsp3) is 1.00. The minimum Gasteiger partial charge on any atom is -0.377 e. The second-order valence-electron chi connectivity index (χ2n) is 4.04. The van der Waals surface area contributed by atoms with Gasteiger partial charge < -0.3 is 10.1 Å². The van der Waals surface area contributed by atoms with Crippen LogP contribution in [0.4, 0.5) is 0 Å². The van der Waals surface area contributed by atoms with Crippen molar-refractivity contribution in [2.24, 2.45) is 5.92 Å². The molecule has 1 aliphatic carbocycles. The number of ether oxygens (including phenoxy) is 1.